The molecule has 4 rings (SSSR count). The van der Waals surface area contributed by atoms with Crippen molar-refractivity contribution in [3.05, 3.63) is 71.0 Å². The van der Waals surface area contributed by atoms with Crippen LogP contribution in [0.15, 0.2) is 71.0 Å². The number of amides is 1. The number of likely N-dealkylation sites (N-methyl/N-ethyl adjacent to an activating group) is 1. The third-order valence-electron chi connectivity index (χ3n) is 5.02. The quantitative estimate of drug-likeness (QED) is 0.475. The monoisotopic (exact) mass is 422 g/mol. The number of thioether (sulfide) groups is 1. The first-order valence-corrected chi connectivity index (χ1v) is 10.9. The Morgan fingerprint density at radius 1 is 1.07 bits per heavy atom. The van der Waals surface area contributed by atoms with Crippen LogP contribution in [0.5, 0.6) is 5.75 Å². The van der Waals surface area contributed by atoms with E-state index in [4.69, 9.17) is 17.0 Å². The van der Waals surface area contributed by atoms with Gasteiger partial charge >= 0.3 is 0 Å². The Balaban J connectivity index is 1.68. The third kappa shape index (κ3) is 3.58. The molecule has 2 aromatic carbocycles. The van der Waals surface area contributed by atoms with E-state index >= 15 is 0 Å². The molecule has 1 saturated heterocycles. The molecule has 0 radical (unpaired) electrons. The second-order valence-corrected chi connectivity index (χ2v) is 8.45. The van der Waals surface area contributed by atoms with Gasteiger partial charge in [0, 0.05) is 19.2 Å². The van der Waals surface area contributed by atoms with E-state index in [1.807, 2.05) is 44.2 Å². The predicted molar refractivity (Wildman–Crippen MR) is 124 cm³/mol. The Morgan fingerprint density at radius 2 is 1.79 bits per heavy atom. The molecule has 2 aliphatic heterocycles. The van der Waals surface area contributed by atoms with Crippen LogP contribution in [-0.2, 0) is 4.79 Å². The molecule has 1 amide bonds. The number of anilines is 1. The number of allylic oxidation sites excluding steroid dienone is 2. The van der Waals surface area contributed by atoms with Gasteiger partial charge in [0.2, 0.25) is 5.88 Å². The summed E-state index contributed by atoms with van der Waals surface area (Å²) in [5.74, 6) is 1.53. The number of carbonyl (C=O) groups is 1. The van der Waals surface area contributed by atoms with Crippen LogP contribution in [0, 0.1) is 0 Å². The van der Waals surface area contributed by atoms with E-state index in [1.54, 1.807) is 4.90 Å². The van der Waals surface area contributed by atoms with Gasteiger partial charge < -0.3 is 9.64 Å². The van der Waals surface area contributed by atoms with Crippen LogP contribution in [0.25, 0.3) is 11.1 Å². The number of ether oxygens (including phenoxy) is 1. The SMILES string of the molecule is CCN1C(=O)/C(=C(C)\C=C2/Oc3ccc(-c4ccccc4)cc3N2CC)SC1=S. The number of nitrogens with zero attached hydrogens (tertiary/aromatic N) is 2. The fourth-order valence-electron chi connectivity index (χ4n) is 3.51. The second kappa shape index (κ2) is 8.05. The minimum absolute atomic E-state index is 0.0261. The largest absolute Gasteiger partial charge is 0.439 e. The van der Waals surface area contributed by atoms with Crippen molar-refractivity contribution in [2.24, 2.45) is 0 Å². The zero-order valence-electron chi connectivity index (χ0n) is 16.6. The van der Waals surface area contributed by atoms with Gasteiger partial charge in [-0.25, -0.2) is 0 Å². The van der Waals surface area contributed by atoms with Crippen molar-refractivity contribution in [1.82, 2.24) is 4.90 Å². The normalized spacial score (nSPS) is 19.1. The highest BCUT2D eigenvalue weighted by Gasteiger charge is 2.33. The molecular weight excluding hydrogens is 400 g/mol. The van der Waals surface area contributed by atoms with Crippen LogP contribution in [0.3, 0.4) is 0 Å². The lowest BCUT2D eigenvalue weighted by Crippen LogP contribution is -2.27. The molecule has 0 saturated carbocycles. The first-order valence-electron chi connectivity index (χ1n) is 9.64. The number of benzene rings is 2. The van der Waals surface area contributed by atoms with E-state index < -0.39 is 0 Å². The summed E-state index contributed by atoms with van der Waals surface area (Å²) in [5, 5.41) is 0. The van der Waals surface area contributed by atoms with Gasteiger partial charge in [-0.15, -0.1) is 0 Å². The zero-order chi connectivity index (χ0) is 20.5. The minimum Gasteiger partial charge on any atom is -0.439 e. The number of hydrogen-bond acceptors (Lipinski definition) is 5. The molecule has 0 aliphatic carbocycles. The van der Waals surface area contributed by atoms with Gasteiger partial charge in [0.15, 0.2) is 5.75 Å². The molecule has 2 aromatic rings. The molecule has 6 heteroatoms. The van der Waals surface area contributed by atoms with Gasteiger partial charge in [-0.1, -0.05) is 60.4 Å². The number of rotatable bonds is 4. The Morgan fingerprint density at radius 3 is 2.45 bits per heavy atom. The summed E-state index contributed by atoms with van der Waals surface area (Å²) >= 11 is 6.69. The van der Waals surface area contributed by atoms with Gasteiger partial charge in [0.1, 0.15) is 4.32 Å². The molecule has 0 spiro atoms. The molecule has 0 bridgehead atoms. The molecule has 148 valence electrons. The van der Waals surface area contributed by atoms with Crippen LogP contribution in [-0.4, -0.2) is 28.2 Å². The average Bonchev–Trinajstić information content (AvgIpc) is 3.23. The highest BCUT2D eigenvalue weighted by atomic mass is 32.2. The van der Waals surface area contributed by atoms with Crippen LogP contribution in [0.2, 0.25) is 0 Å². The summed E-state index contributed by atoms with van der Waals surface area (Å²) < 4.78 is 6.74. The average molecular weight is 423 g/mol. The number of fused-ring (bicyclic) bond motifs is 1. The predicted octanol–water partition coefficient (Wildman–Crippen LogP) is 5.57. The topological polar surface area (TPSA) is 32.8 Å². The maximum absolute atomic E-state index is 12.6. The van der Waals surface area contributed by atoms with Crippen molar-refractivity contribution in [2.75, 3.05) is 18.0 Å². The maximum Gasteiger partial charge on any atom is 0.266 e. The molecule has 4 nitrogen and oxygen atoms in total. The van der Waals surface area contributed by atoms with Crippen molar-refractivity contribution < 1.29 is 9.53 Å². The van der Waals surface area contributed by atoms with Gasteiger partial charge in [0.25, 0.3) is 5.91 Å². The molecule has 2 aliphatic rings. The summed E-state index contributed by atoms with van der Waals surface area (Å²) in [6, 6.07) is 16.5. The van der Waals surface area contributed by atoms with E-state index in [-0.39, 0.29) is 5.91 Å². The first-order chi connectivity index (χ1) is 14.0. The lowest BCUT2D eigenvalue weighted by atomic mass is 10.0. The highest BCUT2D eigenvalue weighted by molar-refractivity contribution is 8.26. The Kier molecular flexibility index (Phi) is 5.48. The smallest absolute Gasteiger partial charge is 0.266 e. The summed E-state index contributed by atoms with van der Waals surface area (Å²) in [7, 11) is 0. The Hall–Kier alpha value is -2.57. The van der Waals surface area contributed by atoms with Crippen molar-refractivity contribution in [2.45, 2.75) is 20.8 Å². The lowest BCUT2D eigenvalue weighted by molar-refractivity contribution is -0.122. The van der Waals surface area contributed by atoms with Gasteiger partial charge in [-0.3, -0.25) is 9.69 Å². The van der Waals surface area contributed by atoms with E-state index in [0.717, 1.165) is 35.0 Å². The van der Waals surface area contributed by atoms with E-state index in [1.165, 1.54) is 17.3 Å². The number of carbonyl (C=O) groups excluding carboxylic acids is 1. The third-order valence-corrected chi connectivity index (χ3v) is 6.58. The fraction of sp³-hybridized carbons (Fsp3) is 0.217. The summed E-state index contributed by atoms with van der Waals surface area (Å²) in [5.41, 5.74) is 4.22. The Labute approximate surface area is 180 Å². The summed E-state index contributed by atoms with van der Waals surface area (Å²) in [6.45, 7) is 7.31. The maximum atomic E-state index is 12.6. The van der Waals surface area contributed by atoms with Crippen LogP contribution in [0.4, 0.5) is 5.69 Å². The lowest BCUT2D eigenvalue weighted by Gasteiger charge is -2.16. The van der Waals surface area contributed by atoms with E-state index in [2.05, 4.69) is 36.1 Å². The van der Waals surface area contributed by atoms with Crippen molar-refractivity contribution in [3.8, 4) is 16.9 Å². The van der Waals surface area contributed by atoms with Crippen LogP contribution >= 0.6 is 24.0 Å². The molecule has 2 heterocycles. The van der Waals surface area contributed by atoms with Crippen molar-refractivity contribution in [3.63, 3.8) is 0 Å². The summed E-state index contributed by atoms with van der Waals surface area (Å²) in [4.78, 5) is 17.0. The van der Waals surface area contributed by atoms with Crippen molar-refractivity contribution >= 4 is 39.9 Å². The van der Waals surface area contributed by atoms with Gasteiger partial charge in [-0.2, -0.15) is 0 Å². The summed E-state index contributed by atoms with van der Waals surface area (Å²) in [6.07, 6.45) is 1.94. The molecule has 0 N–H and O–H groups in total. The fourth-order valence-corrected chi connectivity index (χ4v) is 4.89. The van der Waals surface area contributed by atoms with E-state index in [9.17, 15) is 4.79 Å². The Bertz CT molecular complexity index is 1040. The number of hydrogen-bond donors (Lipinski definition) is 0. The first kappa shape index (κ1) is 19.7. The van der Waals surface area contributed by atoms with Gasteiger partial charge in [0.05, 0.1) is 10.6 Å². The van der Waals surface area contributed by atoms with Crippen molar-refractivity contribution in [1.29, 1.82) is 0 Å². The molecule has 1 fully saturated rings. The van der Waals surface area contributed by atoms with E-state index in [0.29, 0.717) is 15.8 Å². The van der Waals surface area contributed by atoms with Gasteiger partial charge in [-0.05, 0) is 49.6 Å². The molecule has 0 unspecified atom stereocenters. The zero-order valence-corrected chi connectivity index (χ0v) is 18.3. The van der Waals surface area contributed by atoms with Crippen LogP contribution < -0.4 is 9.64 Å². The molecular formula is C23H22N2O2S2. The number of thiocarbonyl (C=S) groups is 1. The minimum atomic E-state index is -0.0261. The van der Waals surface area contributed by atoms with Crippen LogP contribution in [0.1, 0.15) is 20.8 Å². The standard InChI is InChI=1S/C23H22N2O2S2/c1-4-24-18-14-17(16-9-7-6-8-10-16)11-12-19(18)27-20(24)13-15(3)21-22(26)25(5-2)23(28)29-21/h6-14H,4-5H2,1-3H3/b20-13-,21-15+. The second-order valence-electron chi connectivity index (χ2n) is 6.81. The highest BCUT2D eigenvalue weighted by Crippen LogP contribution is 2.42. The molecule has 0 aromatic heterocycles. The molecule has 29 heavy (non-hydrogen) atoms. The molecule has 0 atom stereocenters.